The van der Waals surface area contributed by atoms with Gasteiger partial charge in [-0.3, -0.25) is 39.0 Å². The summed E-state index contributed by atoms with van der Waals surface area (Å²) in [7, 11) is 0. The number of halogens is 1. The molecule has 1 aliphatic heterocycles. The molecule has 0 unspecified atom stereocenters. The van der Waals surface area contributed by atoms with Gasteiger partial charge in [0.15, 0.2) is 5.82 Å². The number of fused-ring (bicyclic) bond motifs is 4. The number of amides is 3. The van der Waals surface area contributed by atoms with Gasteiger partial charge in [0.1, 0.15) is 24.0 Å². The van der Waals surface area contributed by atoms with Crippen LogP contribution in [0.4, 0.5) is 10.5 Å². The van der Waals surface area contributed by atoms with Gasteiger partial charge in [0, 0.05) is 92.8 Å². The van der Waals surface area contributed by atoms with Crippen LogP contribution in [-0.2, 0) is 27.3 Å². The van der Waals surface area contributed by atoms with Crippen molar-refractivity contribution in [3.8, 4) is 5.00 Å². The van der Waals surface area contributed by atoms with E-state index in [1.165, 1.54) is 47.9 Å². The number of nitro groups is 1. The topological polar surface area (TPSA) is 235 Å². The fourth-order valence-electron chi connectivity index (χ4n) is 7.16. The molecule has 348 valence electrons. The number of ether oxygens (including phenoxy) is 2. The largest absolute Gasteiger partial charge is 0.452 e. The minimum atomic E-state index is -0.705. The number of aryl methyl sites for hydroxylation is 1. The Bertz CT molecular complexity index is 3030. The van der Waals surface area contributed by atoms with Crippen LogP contribution in [0.3, 0.4) is 0 Å². The number of rotatable bonds is 18. The van der Waals surface area contributed by atoms with Crippen LogP contribution in [0.1, 0.15) is 71.1 Å². The molecule has 3 N–H and O–H groups in total. The highest BCUT2D eigenvalue weighted by Crippen LogP contribution is 2.39. The predicted molar refractivity (Wildman–Crippen MR) is 258 cm³/mol. The Morgan fingerprint density at radius 3 is 2.41 bits per heavy atom. The number of hydrogen-bond acceptors (Lipinski definition) is 16. The molecule has 0 saturated heterocycles. The zero-order chi connectivity index (χ0) is 47.7. The maximum absolute atomic E-state index is 13.5. The van der Waals surface area contributed by atoms with E-state index in [9.17, 15) is 29.3 Å². The Morgan fingerprint density at radius 2 is 1.66 bits per heavy atom. The Morgan fingerprint density at radius 1 is 0.926 bits per heavy atom. The van der Waals surface area contributed by atoms with Crippen LogP contribution in [0.15, 0.2) is 101 Å². The first kappa shape index (κ1) is 47.6. The van der Waals surface area contributed by atoms with Crippen molar-refractivity contribution in [2.24, 2.45) is 4.99 Å². The number of aromatic nitrogens is 5. The summed E-state index contributed by atoms with van der Waals surface area (Å²) < 4.78 is 13.1. The van der Waals surface area contributed by atoms with Crippen molar-refractivity contribution in [3.05, 3.63) is 155 Å². The summed E-state index contributed by atoms with van der Waals surface area (Å²) >= 11 is 10.0. The molecule has 0 radical (unpaired) electrons. The molecule has 7 aromatic rings. The lowest BCUT2D eigenvalue weighted by Crippen LogP contribution is -2.31. The zero-order valence-corrected chi connectivity index (χ0v) is 39.6. The number of hydrogen-bond donors (Lipinski definition) is 3. The molecule has 5 heterocycles. The quantitative estimate of drug-likeness (QED) is 0.0245. The van der Waals surface area contributed by atoms with Gasteiger partial charge >= 0.3 is 5.30 Å². The van der Waals surface area contributed by atoms with E-state index in [4.69, 9.17) is 26.1 Å². The Labute approximate surface area is 405 Å². The zero-order valence-electron chi connectivity index (χ0n) is 36.4. The number of nitrogens with zero attached hydrogens (tertiary/aromatic N) is 7. The van der Waals surface area contributed by atoms with E-state index >= 15 is 0 Å². The number of carbonyl (C=O) groups is 4. The number of benzene rings is 3. The number of nitrogens with one attached hydrogen (secondary N) is 3. The highest BCUT2D eigenvalue weighted by molar-refractivity contribution is 8.13. The van der Waals surface area contributed by atoms with Crippen molar-refractivity contribution < 1.29 is 33.6 Å². The molecule has 22 heteroatoms. The van der Waals surface area contributed by atoms with Crippen LogP contribution in [0.2, 0.25) is 5.02 Å². The third-order valence-electron chi connectivity index (χ3n) is 10.7. The molecule has 0 saturated carbocycles. The summed E-state index contributed by atoms with van der Waals surface area (Å²) in [6.07, 6.45) is 5.30. The number of non-ortho nitro benzene ring substituents is 1. The van der Waals surface area contributed by atoms with Gasteiger partial charge in [-0.2, -0.15) is 0 Å². The van der Waals surface area contributed by atoms with Crippen molar-refractivity contribution in [1.82, 2.24) is 40.7 Å². The Hall–Kier alpha value is -6.91. The molecular formula is C46H41ClN10O8S3. The molecule has 68 heavy (non-hydrogen) atoms. The van der Waals surface area contributed by atoms with Crippen LogP contribution < -0.4 is 16.0 Å². The number of thioether (sulfide) groups is 1. The van der Waals surface area contributed by atoms with Gasteiger partial charge in [-0.25, -0.2) is 9.78 Å². The summed E-state index contributed by atoms with van der Waals surface area (Å²) in [5, 5.41) is 32.1. The molecule has 3 aromatic carbocycles. The molecule has 0 fully saturated rings. The van der Waals surface area contributed by atoms with Gasteiger partial charge in [0.2, 0.25) is 5.91 Å². The lowest BCUT2D eigenvalue weighted by Gasteiger charge is -2.13. The van der Waals surface area contributed by atoms with E-state index in [2.05, 4.69) is 50.0 Å². The monoisotopic (exact) mass is 992 g/mol. The lowest BCUT2D eigenvalue weighted by atomic mass is 9.99. The molecular weight excluding hydrogens is 952 g/mol. The Kier molecular flexibility index (Phi) is 15.3. The summed E-state index contributed by atoms with van der Waals surface area (Å²) in [5.74, 6) is -0.553. The summed E-state index contributed by atoms with van der Waals surface area (Å²) in [6.45, 7) is 4.92. The van der Waals surface area contributed by atoms with Crippen LogP contribution in [0.25, 0.3) is 15.9 Å². The number of thiazole rings is 1. The van der Waals surface area contributed by atoms with Crippen molar-refractivity contribution >= 4 is 91.4 Å². The molecule has 0 bridgehead atoms. The Balaban J connectivity index is 0.869. The van der Waals surface area contributed by atoms with E-state index in [1.54, 1.807) is 36.0 Å². The third-order valence-corrected chi connectivity index (χ3v) is 13.8. The molecule has 8 rings (SSSR count). The summed E-state index contributed by atoms with van der Waals surface area (Å²) in [6, 6.07) is 17.1. The number of nitro benzene ring substituents is 1. The van der Waals surface area contributed by atoms with Gasteiger partial charge in [0.25, 0.3) is 17.5 Å². The highest BCUT2D eigenvalue weighted by Gasteiger charge is 2.31. The third kappa shape index (κ3) is 11.4. The first-order valence-corrected chi connectivity index (χ1v) is 24.0. The van der Waals surface area contributed by atoms with Crippen LogP contribution in [-0.4, -0.2) is 91.2 Å². The summed E-state index contributed by atoms with van der Waals surface area (Å²) in [5.41, 5.74) is 4.90. The number of thiophene rings is 1. The van der Waals surface area contributed by atoms with Crippen molar-refractivity contribution in [2.75, 3.05) is 32.8 Å². The normalized spacial score (nSPS) is 12.9. The fraction of sp³-hybridized carbons (Fsp3) is 0.239. The standard InChI is InChI=1S/C46H41ClN10O8S3/c1-26-27(2)67-45-39(26)41(29-5-7-33(47)8-6-29)54-35(42-55-53-25-56(42)45)22-37(58)48-13-16-64-17-14-51-43(59)31-19-30-20-32(44(60)50-12-11-38-49-15-18-66-38)23-52-40(30)36(21-31)68-46(61)65-24-28-3-9-34(10-4-28)57(62)63/h3-10,15,18-21,23,25,35H,11-14,16-17,22,24H2,1-2H3,(H,48,58)(H,50,60)(H,51,59)/t35-/m0/s1. The second-order valence-corrected chi connectivity index (χ2v) is 18.8. The SMILES string of the molecule is Cc1sc2c(c1C)C(c1ccc(Cl)cc1)=N[C@@H](CC(=O)NCCOCCNC(=O)c1cc(SC(=O)OCc3ccc([N+](=O)[O-])cc3)c3ncc(C(=O)NCCc4nccs4)cc3c1)c1nncn1-2. The van der Waals surface area contributed by atoms with E-state index in [-0.39, 0.29) is 68.0 Å². The highest BCUT2D eigenvalue weighted by atomic mass is 35.5. The molecule has 1 aliphatic rings. The predicted octanol–water partition coefficient (Wildman–Crippen LogP) is 7.76. The minimum absolute atomic E-state index is 0.0113. The molecule has 18 nitrogen and oxygen atoms in total. The van der Waals surface area contributed by atoms with E-state index in [1.807, 2.05) is 34.2 Å². The minimum Gasteiger partial charge on any atom is -0.452 e. The van der Waals surface area contributed by atoms with Gasteiger partial charge in [0.05, 0.1) is 46.4 Å². The number of carbonyl (C=O) groups excluding carboxylic acids is 4. The van der Waals surface area contributed by atoms with E-state index in [0.717, 1.165) is 37.3 Å². The van der Waals surface area contributed by atoms with Crippen molar-refractivity contribution in [1.29, 1.82) is 0 Å². The first-order chi connectivity index (χ1) is 32.9. The van der Waals surface area contributed by atoms with Gasteiger partial charge in [-0.05, 0) is 79.2 Å². The summed E-state index contributed by atoms with van der Waals surface area (Å²) in [4.78, 5) is 78.8. The first-order valence-electron chi connectivity index (χ1n) is 21.1. The smallest absolute Gasteiger partial charge is 0.372 e. The molecule has 0 aliphatic carbocycles. The molecule has 1 atom stereocenters. The maximum atomic E-state index is 13.5. The second kappa shape index (κ2) is 21.8. The van der Waals surface area contributed by atoms with Crippen LogP contribution in [0, 0.1) is 24.0 Å². The van der Waals surface area contributed by atoms with Crippen molar-refractivity contribution in [3.63, 3.8) is 0 Å². The van der Waals surface area contributed by atoms with Gasteiger partial charge < -0.3 is 25.4 Å². The average Bonchev–Trinajstić information content (AvgIpc) is 4.09. The van der Waals surface area contributed by atoms with Crippen molar-refractivity contribution in [2.45, 2.75) is 44.2 Å². The molecule has 3 amide bonds. The number of aliphatic imine (C=N–C) groups is 1. The van der Waals surface area contributed by atoms with E-state index < -0.39 is 22.2 Å². The van der Waals surface area contributed by atoms with Gasteiger partial charge in [-0.15, -0.1) is 32.9 Å². The fourth-order valence-corrected chi connectivity index (χ4v) is 9.80. The van der Waals surface area contributed by atoms with Crippen LogP contribution in [0.5, 0.6) is 0 Å². The second-order valence-electron chi connectivity index (χ2n) is 15.2. The van der Waals surface area contributed by atoms with Gasteiger partial charge in [-0.1, -0.05) is 23.7 Å². The lowest BCUT2D eigenvalue weighted by molar-refractivity contribution is -0.384. The molecule has 4 aromatic heterocycles. The maximum Gasteiger partial charge on any atom is 0.372 e. The van der Waals surface area contributed by atoms with Crippen LogP contribution >= 0.6 is 46.0 Å². The molecule has 0 spiro atoms. The number of pyridine rings is 1. The van der Waals surface area contributed by atoms with E-state index in [0.29, 0.717) is 56.9 Å². The average molecular weight is 994 g/mol.